The lowest BCUT2D eigenvalue weighted by Gasteiger charge is -2.22. The van der Waals surface area contributed by atoms with Gasteiger partial charge in [0.25, 0.3) is 0 Å². The number of furan rings is 1. The third-order valence-corrected chi connectivity index (χ3v) is 4.67. The Bertz CT molecular complexity index is 1180. The molecule has 1 aromatic heterocycles. The van der Waals surface area contributed by atoms with Gasteiger partial charge in [0, 0.05) is 21.9 Å². The maximum absolute atomic E-state index is 6.25. The molecule has 26 heavy (non-hydrogen) atoms. The predicted molar refractivity (Wildman–Crippen MR) is 106 cm³/mol. The third kappa shape index (κ3) is 2.47. The molecule has 0 fully saturated rings. The second-order valence-corrected chi connectivity index (χ2v) is 6.43. The summed E-state index contributed by atoms with van der Waals surface area (Å²) in [5, 5.41) is 5.74. The van der Waals surface area contributed by atoms with Gasteiger partial charge in [-0.25, -0.2) is 9.98 Å². The number of benzene rings is 3. The fourth-order valence-corrected chi connectivity index (χ4v) is 3.52. The van der Waals surface area contributed by atoms with E-state index < -0.39 is 0 Å². The van der Waals surface area contributed by atoms with E-state index in [4.69, 9.17) is 16.0 Å². The van der Waals surface area contributed by atoms with Gasteiger partial charge in [0.2, 0.25) is 5.29 Å². The molecule has 1 unspecified atom stereocenters. The van der Waals surface area contributed by atoms with Crippen LogP contribution < -0.4 is 5.32 Å². The first-order valence-electron chi connectivity index (χ1n) is 8.34. The lowest BCUT2D eigenvalue weighted by atomic mass is 10.0. The van der Waals surface area contributed by atoms with Gasteiger partial charge in [-0.3, -0.25) is 0 Å². The summed E-state index contributed by atoms with van der Waals surface area (Å²) in [7, 11) is 0. The highest BCUT2D eigenvalue weighted by Gasteiger charge is 2.22. The fraction of sp³-hybridized carbons (Fsp3) is 0.0476. The molecule has 5 rings (SSSR count). The lowest BCUT2D eigenvalue weighted by Crippen LogP contribution is -2.32. The van der Waals surface area contributed by atoms with E-state index in [0.717, 1.165) is 33.1 Å². The molecule has 1 atom stereocenters. The summed E-state index contributed by atoms with van der Waals surface area (Å²) in [6, 6.07) is 23.9. The maximum atomic E-state index is 6.25. The molecule has 0 amide bonds. The van der Waals surface area contributed by atoms with Crippen molar-refractivity contribution in [1.29, 1.82) is 0 Å². The molecule has 4 aromatic rings. The Hall–Kier alpha value is -3.11. The van der Waals surface area contributed by atoms with Gasteiger partial charge in [-0.2, -0.15) is 0 Å². The minimum atomic E-state index is -0.333. The van der Waals surface area contributed by atoms with Crippen LogP contribution in [0.1, 0.15) is 17.3 Å². The van der Waals surface area contributed by atoms with E-state index in [1.807, 2.05) is 66.7 Å². The van der Waals surface area contributed by atoms with Gasteiger partial charge in [0.15, 0.2) is 0 Å². The first kappa shape index (κ1) is 15.2. The van der Waals surface area contributed by atoms with Crippen molar-refractivity contribution in [2.45, 2.75) is 6.17 Å². The van der Waals surface area contributed by atoms with Crippen LogP contribution in [0.5, 0.6) is 0 Å². The number of hydrogen-bond acceptors (Lipinski definition) is 4. The predicted octanol–water partition coefficient (Wildman–Crippen LogP) is 5.23. The average Bonchev–Trinajstić information content (AvgIpc) is 3.07. The second-order valence-electron chi connectivity index (χ2n) is 6.09. The number of aliphatic imine (C=N–C) groups is 2. The minimum absolute atomic E-state index is 0.234. The van der Waals surface area contributed by atoms with E-state index in [-0.39, 0.29) is 11.5 Å². The molecule has 0 saturated heterocycles. The molecule has 4 nitrogen and oxygen atoms in total. The molecule has 0 radical (unpaired) electrons. The summed E-state index contributed by atoms with van der Waals surface area (Å²) in [6.45, 7) is 0. The summed E-state index contributed by atoms with van der Waals surface area (Å²) in [5.74, 6) is 0.709. The Labute approximate surface area is 154 Å². The Morgan fingerprint density at radius 3 is 2.50 bits per heavy atom. The van der Waals surface area contributed by atoms with Crippen molar-refractivity contribution < 1.29 is 4.42 Å². The van der Waals surface area contributed by atoms with E-state index in [1.54, 1.807) is 0 Å². The van der Waals surface area contributed by atoms with Crippen molar-refractivity contribution in [2.24, 2.45) is 9.98 Å². The molecule has 1 N–H and O–H groups in total. The van der Waals surface area contributed by atoms with Gasteiger partial charge in [0.1, 0.15) is 23.2 Å². The van der Waals surface area contributed by atoms with Gasteiger partial charge in [-0.1, -0.05) is 60.7 Å². The quantitative estimate of drug-likeness (QED) is 0.498. The molecule has 0 spiro atoms. The zero-order valence-corrected chi connectivity index (χ0v) is 14.4. The van der Waals surface area contributed by atoms with E-state index in [1.165, 1.54) is 0 Å². The summed E-state index contributed by atoms with van der Waals surface area (Å²) in [4.78, 5) is 8.86. The average molecular weight is 360 g/mol. The topological polar surface area (TPSA) is 49.9 Å². The summed E-state index contributed by atoms with van der Waals surface area (Å²) < 4.78 is 5.98. The van der Waals surface area contributed by atoms with Crippen LogP contribution in [-0.2, 0) is 0 Å². The van der Waals surface area contributed by atoms with Crippen LogP contribution >= 0.6 is 11.6 Å². The number of rotatable bonds is 2. The van der Waals surface area contributed by atoms with E-state index in [9.17, 15) is 0 Å². The molecular formula is C21H14ClN3O. The Balaban J connectivity index is 1.66. The molecule has 3 aromatic carbocycles. The van der Waals surface area contributed by atoms with Gasteiger partial charge in [-0.15, -0.1) is 0 Å². The maximum Gasteiger partial charge on any atom is 0.222 e. The SMILES string of the molecule is ClC1=NC(c2cccc3oc4ccccc4c23)NC(c2ccccc2)=N1. The molecule has 5 heteroatoms. The van der Waals surface area contributed by atoms with Gasteiger partial charge in [0.05, 0.1) is 0 Å². The van der Waals surface area contributed by atoms with E-state index in [2.05, 4.69) is 21.4 Å². The molecule has 1 aliphatic rings. The van der Waals surface area contributed by atoms with Crippen molar-refractivity contribution in [3.05, 3.63) is 83.9 Å². The van der Waals surface area contributed by atoms with Crippen LogP contribution in [0.15, 0.2) is 87.2 Å². The number of nitrogens with one attached hydrogen (secondary N) is 1. The van der Waals surface area contributed by atoms with Crippen LogP contribution in [0.3, 0.4) is 0 Å². The van der Waals surface area contributed by atoms with Crippen molar-refractivity contribution in [2.75, 3.05) is 0 Å². The Morgan fingerprint density at radius 1 is 0.846 bits per heavy atom. The Kier molecular flexibility index (Phi) is 3.50. The van der Waals surface area contributed by atoms with E-state index in [0.29, 0.717) is 5.84 Å². The minimum Gasteiger partial charge on any atom is -0.456 e. The lowest BCUT2D eigenvalue weighted by molar-refractivity contribution is 0.663. The van der Waals surface area contributed by atoms with Crippen LogP contribution in [0.4, 0.5) is 0 Å². The number of nitrogens with zero attached hydrogens (tertiary/aromatic N) is 2. The van der Waals surface area contributed by atoms with Crippen molar-refractivity contribution in [3.8, 4) is 0 Å². The summed E-state index contributed by atoms with van der Waals surface area (Å²) in [6.07, 6.45) is -0.333. The number of halogens is 1. The molecule has 0 aliphatic carbocycles. The summed E-state index contributed by atoms with van der Waals surface area (Å²) in [5.41, 5.74) is 3.67. The van der Waals surface area contributed by atoms with Crippen LogP contribution in [0.2, 0.25) is 0 Å². The zero-order valence-electron chi connectivity index (χ0n) is 13.7. The first-order chi connectivity index (χ1) is 12.8. The second kappa shape index (κ2) is 6.00. The monoisotopic (exact) mass is 359 g/mol. The smallest absolute Gasteiger partial charge is 0.222 e. The number of fused-ring (bicyclic) bond motifs is 3. The van der Waals surface area contributed by atoms with Crippen LogP contribution in [-0.4, -0.2) is 11.1 Å². The Morgan fingerprint density at radius 2 is 1.62 bits per heavy atom. The molecule has 0 bridgehead atoms. The number of para-hydroxylation sites is 1. The largest absolute Gasteiger partial charge is 0.456 e. The van der Waals surface area contributed by atoms with Gasteiger partial charge < -0.3 is 9.73 Å². The van der Waals surface area contributed by atoms with Crippen LogP contribution in [0, 0.1) is 0 Å². The number of amidine groups is 2. The highest BCUT2D eigenvalue weighted by atomic mass is 35.5. The van der Waals surface area contributed by atoms with Gasteiger partial charge in [-0.05, 0) is 23.7 Å². The fourth-order valence-electron chi connectivity index (χ4n) is 3.34. The highest BCUT2D eigenvalue weighted by Crippen LogP contribution is 2.35. The molecular weight excluding hydrogens is 346 g/mol. The highest BCUT2D eigenvalue weighted by molar-refractivity contribution is 6.66. The normalized spacial score (nSPS) is 17.0. The standard InChI is InChI=1S/C21H14ClN3O/c22-21-24-19(13-7-2-1-3-8-13)23-20(25-21)15-10-6-12-17-18(15)14-9-4-5-11-16(14)26-17/h1-12,20H,(H,23,24,25). The van der Waals surface area contributed by atoms with Crippen molar-refractivity contribution >= 4 is 44.7 Å². The summed E-state index contributed by atoms with van der Waals surface area (Å²) >= 11 is 6.25. The number of hydrogen-bond donors (Lipinski definition) is 1. The van der Waals surface area contributed by atoms with Crippen molar-refractivity contribution in [3.63, 3.8) is 0 Å². The first-order valence-corrected chi connectivity index (χ1v) is 8.71. The third-order valence-electron chi connectivity index (χ3n) is 4.49. The van der Waals surface area contributed by atoms with Gasteiger partial charge >= 0.3 is 0 Å². The molecule has 0 saturated carbocycles. The molecule has 126 valence electrons. The molecule has 1 aliphatic heterocycles. The van der Waals surface area contributed by atoms with Crippen LogP contribution in [0.25, 0.3) is 21.9 Å². The van der Waals surface area contributed by atoms with E-state index >= 15 is 0 Å². The van der Waals surface area contributed by atoms with Crippen molar-refractivity contribution in [1.82, 2.24) is 5.32 Å². The zero-order chi connectivity index (χ0) is 17.5. The molecule has 2 heterocycles.